The van der Waals surface area contributed by atoms with E-state index >= 15 is 0 Å². The minimum Gasteiger partial charge on any atom is -0.357 e. The van der Waals surface area contributed by atoms with Crippen LogP contribution in [0.3, 0.4) is 0 Å². The summed E-state index contributed by atoms with van der Waals surface area (Å²) >= 11 is 0. The van der Waals surface area contributed by atoms with Gasteiger partial charge in [0.25, 0.3) is 0 Å². The van der Waals surface area contributed by atoms with Gasteiger partial charge in [0.05, 0.1) is 0 Å². The second kappa shape index (κ2) is 40.5. The van der Waals surface area contributed by atoms with Crippen molar-refractivity contribution in [3.05, 3.63) is 0 Å². The third kappa shape index (κ3) is 34.3. The second-order valence-electron chi connectivity index (χ2n) is 15.9. The van der Waals surface area contributed by atoms with Crippen molar-refractivity contribution in [1.29, 1.82) is 0 Å². The molecule has 0 bridgehead atoms. The molecule has 54 heavy (non-hydrogen) atoms. The number of nitrogens with two attached hydrogens (primary N) is 1. The summed E-state index contributed by atoms with van der Waals surface area (Å²) in [5, 5.41) is 11.5. The van der Waals surface area contributed by atoms with E-state index in [-0.39, 0.29) is 23.6 Å². The number of hydrogen-bond acceptors (Lipinski definition) is 5. The Morgan fingerprint density at radius 1 is 0.426 bits per heavy atom. The number of amides is 4. The number of hydrogen-bond donors (Lipinski definition) is 5. The van der Waals surface area contributed by atoms with E-state index in [0.717, 1.165) is 51.4 Å². The van der Waals surface area contributed by atoms with Gasteiger partial charge in [-0.15, -0.1) is 0 Å². The van der Waals surface area contributed by atoms with Crippen LogP contribution in [0.4, 0.5) is 0 Å². The van der Waals surface area contributed by atoms with E-state index in [4.69, 9.17) is 5.73 Å². The van der Waals surface area contributed by atoms with E-state index in [1.54, 1.807) is 7.05 Å². The number of unbranched alkanes of at least 4 members (excludes halogenated alkanes) is 26. The molecule has 2 unspecified atom stereocenters. The van der Waals surface area contributed by atoms with Gasteiger partial charge >= 0.3 is 0 Å². The number of rotatable bonds is 41. The molecule has 0 aliphatic rings. The fourth-order valence-electron chi connectivity index (χ4n) is 7.14. The van der Waals surface area contributed by atoms with Crippen molar-refractivity contribution < 1.29 is 19.2 Å². The van der Waals surface area contributed by atoms with Crippen molar-refractivity contribution in [3.63, 3.8) is 0 Å². The number of carbonyl (C=O) groups is 4. The molecular weight excluding hydrogens is 675 g/mol. The van der Waals surface area contributed by atoms with Crippen LogP contribution in [-0.2, 0) is 19.2 Å². The second-order valence-corrected chi connectivity index (χ2v) is 15.9. The largest absolute Gasteiger partial charge is 0.357 e. The molecule has 318 valence electrons. The quantitative estimate of drug-likeness (QED) is 0.0394. The summed E-state index contributed by atoms with van der Waals surface area (Å²) in [4.78, 5) is 51.3. The summed E-state index contributed by atoms with van der Waals surface area (Å²) in [5.41, 5.74) is 5.64. The van der Waals surface area contributed by atoms with Crippen LogP contribution in [0, 0.1) is 0 Å². The topological polar surface area (TPSA) is 142 Å². The molecule has 0 aromatic heterocycles. The zero-order valence-corrected chi connectivity index (χ0v) is 35.8. The van der Waals surface area contributed by atoms with Crippen molar-refractivity contribution >= 4 is 23.6 Å². The third-order valence-corrected chi connectivity index (χ3v) is 10.7. The van der Waals surface area contributed by atoms with E-state index in [2.05, 4.69) is 35.1 Å². The van der Waals surface area contributed by atoms with Crippen molar-refractivity contribution in [1.82, 2.24) is 21.3 Å². The summed E-state index contributed by atoms with van der Waals surface area (Å²) < 4.78 is 0. The highest BCUT2D eigenvalue weighted by atomic mass is 16.2. The first kappa shape index (κ1) is 51.8. The Morgan fingerprint density at radius 3 is 1.20 bits per heavy atom. The van der Waals surface area contributed by atoms with Gasteiger partial charge in [0.15, 0.2) is 0 Å². The van der Waals surface area contributed by atoms with E-state index in [1.807, 2.05) is 0 Å². The molecular formula is C45H89N5O4. The molecule has 2 atom stereocenters. The van der Waals surface area contributed by atoms with Gasteiger partial charge in [-0.1, -0.05) is 168 Å². The molecule has 9 heteroatoms. The van der Waals surface area contributed by atoms with Gasteiger partial charge in [-0.05, 0) is 57.9 Å². The normalized spacial score (nSPS) is 12.3. The molecule has 0 aliphatic heterocycles. The summed E-state index contributed by atoms with van der Waals surface area (Å²) in [7, 11) is 1.56. The average Bonchev–Trinajstić information content (AvgIpc) is 3.17. The predicted octanol–water partition coefficient (Wildman–Crippen LogP) is 10.1. The van der Waals surface area contributed by atoms with Crippen molar-refractivity contribution in [2.24, 2.45) is 5.73 Å². The summed E-state index contributed by atoms with van der Waals surface area (Å²) in [6.07, 6.45) is 37.7. The van der Waals surface area contributed by atoms with Crippen molar-refractivity contribution in [2.45, 2.75) is 244 Å². The average molecular weight is 764 g/mol. The molecule has 0 spiro atoms. The molecule has 9 nitrogen and oxygen atoms in total. The lowest BCUT2D eigenvalue weighted by molar-refractivity contribution is -0.132. The molecule has 0 aliphatic carbocycles. The maximum absolute atomic E-state index is 13.4. The molecule has 0 saturated carbocycles. The first-order chi connectivity index (χ1) is 26.4. The Morgan fingerprint density at radius 2 is 0.796 bits per heavy atom. The molecule has 0 aromatic carbocycles. The summed E-state index contributed by atoms with van der Waals surface area (Å²) in [6.45, 7) is 5.61. The Kier molecular flexibility index (Phi) is 38.9. The van der Waals surface area contributed by atoms with Crippen LogP contribution in [0.15, 0.2) is 0 Å². The highest BCUT2D eigenvalue weighted by Gasteiger charge is 2.26. The monoisotopic (exact) mass is 764 g/mol. The van der Waals surface area contributed by atoms with Crippen LogP contribution < -0.4 is 27.0 Å². The fraction of sp³-hybridized carbons (Fsp3) is 0.911. The Balaban J connectivity index is 4.46. The maximum Gasteiger partial charge on any atom is 0.243 e. The van der Waals surface area contributed by atoms with Gasteiger partial charge in [-0.2, -0.15) is 0 Å². The van der Waals surface area contributed by atoms with E-state index in [1.165, 1.54) is 135 Å². The van der Waals surface area contributed by atoms with Crippen LogP contribution in [0.25, 0.3) is 0 Å². The van der Waals surface area contributed by atoms with Crippen molar-refractivity contribution in [2.75, 3.05) is 20.1 Å². The third-order valence-electron chi connectivity index (χ3n) is 10.7. The van der Waals surface area contributed by atoms with Gasteiger partial charge in [0.1, 0.15) is 12.1 Å². The first-order valence-corrected chi connectivity index (χ1v) is 23.2. The zero-order chi connectivity index (χ0) is 39.7. The standard InChI is InChI=1S/C45H89N5O4/c1-4-6-8-10-12-14-16-18-20-22-24-26-28-36-42(51)48-39-33-31-35-41(45(54)50-40(44(53)47-3)34-30-32-38-46)49-43(52)37-29-27-25-23-21-19-17-15-13-11-9-7-5-2/h40-41H,4-39,46H2,1-3H3,(H,47,53)(H,48,51)(H,49,52)(H,50,54). The van der Waals surface area contributed by atoms with Crippen LogP contribution in [-0.4, -0.2) is 55.8 Å². The highest BCUT2D eigenvalue weighted by molar-refractivity contribution is 5.92. The first-order valence-electron chi connectivity index (χ1n) is 23.2. The SMILES string of the molecule is CCCCCCCCCCCCCCCC(=O)NCCCCC(NC(=O)CCCCCCCCCCCCCCC)C(=O)NC(CCCCN)C(=O)NC. The molecule has 0 radical (unpaired) electrons. The Labute approximate surface area is 333 Å². The van der Waals surface area contributed by atoms with Gasteiger partial charge in [-0.25, -0.2) is 0 Å². The highest BCUT2D eigenvalue weighted by Crippen LogP contribution is 2.15. The molecule has 4 amide bonds. The molecule has 0 aromatic rings. The van der Waals surface area contributed by atoms with Crippen LogP contribution >= 0.6 is 0 Å². The smallest absolute Gasteiger partial charge is 0.243 e. The molecule has 0 saturated heterocycles. The van der Waals surface area contributed by atoms with E-state index in [0.29, 0.717) is 45.2 Å². The molecule has 0 fully saturated rings. The summed E-state index contributed by atoms with van der Waals surface area (Å²) in [5.74, 6) is -0.613. The molecule has 0 heterocycles. The zero-order valence-electron chi connectivity index (χ0n) is 35.8. The molecule has 6 N–H and O–H groups in total. The maximum atomic E-state index is 13.4. The van der Waals surface area contributed by atoms with Crippen LogP contribution in [0.5, 0.6) is 0 Å². The number of carbonyl (C=O) groups excluding carboxylic acids is 4. The minimum absolute atomic E-state index is 0.0874. The lowest BCUT2D eigenvalue weighted by atomic mass is 10.0. The lowest BCUT2D eigenvalue weighted by Crippen LogP contribution is -2.53. The Hall–Kier alpha value is -2.16. The van der Waals surface area contributed by atoms with Gasteiger partial charge in [0.2, 0.25) is 23.6 Å². The molecule has 0 rings (SSSR count). The van der Waals surface area contributed by atoms with Gasteiger partial charge in [-0.3, -0.25) is 19.2 Å². The van der Waals surface area contributed by atoms with E-state index in [9.17, 15) is 19.2 Å². The van der Waals surface area contributed by atoms with E-state index < -0.39 is 12.1 Å². The number of nitrogens with one attached hydrogen (secondary N) is 4. The van der Waals surface area contributed by atoms with Crippen LogP contribution in [0.1, 0.15) is 232 Å². The predicted molar refractivity (Wildman–Crippen MR) is 228 cm³/mol. The minimum atomic E-state index is -0.720. The fourth-order valence-corrected chi connectivity index (χ4v) is 7.14. The van der Waals surface area contributed by atoms with Gasteiger partial charge in [0, 0.05) is 26.4 Å². The van der Waals surface area contributed by atoms with Gasteiger partial charge < -0.3 is 27.0 Å². The van der Waals surface area contributed by atoms with Crippen LogP contribution in [0.2, 0.25) is 0 Å². The Bertz CT molecular complexity index is 886. The lowest BCUT2D eigenvalue weighted by Gasteiger charge is -2.23. The van der Waals surface area contributed by atoms with Crippen molar-refractivity contribution in [3.8, 4) is 0 Å². The number of likely N-dealkylation sites (N-methyl/N-ethyl adjacent to an activating group) is 1. The summed E-state index contributed by atoms with van der Waals surface area (Å²) in [6, 6.07) is -1.39.